The van der Waals surface area contributed by atoms with Crippen LogP contribution in [0.1, 0.15) is 37.9 Å². The second-order valence-electron chi connectivity index (χ2n) is 5.52. The Morgan fingerprint density at radius 2 is 1.80 bits per heavy atom. The average molecular weight is 279 g/mol. The van der Waals surface area contributed by atoms with E-state index in [0.29, 0.717) is 25.7 Å². The van der Waals surface area contributed by atoms with Gasteiger partial charge in [0.15, 0.2) is 0 Å². The lowest BCUT2D eigenvalue weighted by atomic mass is 9.99. The lowest BCUT2D eigenvalue weighted by Crippen LogP contribution is -2.26. The summed E-state index contributed by atoms with van der Waals surface area (Å²) in [7, 11) is 1.69. The minimum absolute atomic E-state index is 0.255. The Labute approximate surface area is 123 Å². The second kappa shape index (κ2) is 9.92. The highest BCUT2D eigenvalue weighted by Crippen LogP contribution is 2.16. The fourth-order valence-electron chi connectivity index (χ4n) is 2.22. The molecule has 1 atom stereocenters. The molecule has 0 saturated heterocycles. The van der Waals surface area contributed by atoms with Gasteiger partial charge in [-0.05, 0) is 30.0 Å². The van der Waals surface area contributed by atoms with Crippen molar-refractivity contribution in [1.29, 1.82) is 0 Å². The quantitative estimate of drug-likeness (QED) is 0.667. The Hall–Kier alpha value is -0.900. The smallest absolute Gasteiger partial charge is 0.0701 e. The van der Waals surface area contributed by atoms with Crippen LogP contribution in [0.25, 0.3) is 0 Å². The molecule has 0 saturated carbocycles. The maximum atomic E-state index is 5.65. The van der Waals surface area contributed by atoms with Crippen molar-refractivity contribution in [3.05, 3.63) is 35.4 Å². The van der Waals surface area contributed by atoms with E-state index in [1.54, 1.807) is 7.11 Å². The zero-order valence-corrected chi connectivity index (χ0v) is 13.3. The third kappa shape index (κ3) is 6.51. The van der Waals surface area contributed by atoms with E-state index in [2.05, 4.69) is 50.4 Å². The van der Waals surface area contributed by atoms with Crippen LogP contribution in [0.15, 0.2) is 24.3 Å². The summed E-state index contributed by atoms with van der Waals surface area (Å²) >= 11 is 0. The summed E-state index contributed by atoms with van der Waals surface area (Å²) in [6.45, 7) is 9.52. The van der Waals surface area contributed by atoms with Gasteiger partial charge < -0.3 is 14.8 Å². The van der Waals surface area contributed by atoms with E-state index < -0.39 is 0 Å². The summed E-state index contributed by atoms with van der Waals surface area (Å²) in [5.41, 5.74) is 2.69. The molecule has 0 radical (unpaired) electrons. The summed E-state index contributed by atoms with van der Waals surface area (Å²) in [5, 5.41) is 3.47. The van der Waals surface area contributed by atoms with Gasteiger partial charge in [-0.2, -0.15) is 0 Å². The number of hydrogen-bond acceptors (Lipinski definition) is 3. The van der Waals surface area contributed by atoms with Gasteiger partial charge >= 0.3 is 0 Å². The van der Waals surface area contributed by atoms with Crippen LogP contribution in [0, 0.1) is 5.92 Å². The molecule has 0 aromatic heterocycles. The van der Waals surface area contributed by atoms with E-state index in [-0.39, 0.29) is 6.04 Å². The number of methoxy groups -OCH3 is 1. The molecular weight excluding hydrogens is 250 g/mol. The molecule has 0 fully saturated rings. The molecular formula is C17H29NO2. The number of ether oxygens (including phenoxy) is 2. The zero-order valence-electron chi connectivity index (χ0n) is 13.3. The van der Waals surface area contributed by atoms with Gasteiger partial charge in [0.05, 0.1) is 25.9 Å². The third-order valence-corrected chi connectivity index (χ3v) is 3.19. The summed E-state index contributed by atoms with van der Waals surface area (Å²) in [6, 6.07) is 9.14. The van der Waals surface area contributed by atoms with Gasteiger partial charge in [0, 0.05) is 7.11 Å². The fraction of sp³-hybridized carbons (Fsp3) is 0.647. The number of hydrogen-bond donors (Lipinski definition) is 1. The Morgan fingerprint density at radius 3 is 2.35 bits per heavy atom. The number of benzene rings is 1. The van der Waals surface area contributed by atoms with Crippen LogP contribution < -0.4 is 5.32 Å². The van der Waals surface area contributed by atoms with E-state index in [0.717, 1.165) is 13.0 Å². The van der Waals surface area contributed by atoms with Crippen LogP contribution in [-0.4, -0.2) is 33.5 Å². The molecule has 3 nitrogen and oxygen atoms in total. The summed E-state index contributed by atoms with van der Waals surface area (Å²) in [5.74, 6) is 0.697. The van der Waals surface area contributed by atoms with Gasteiger partial charge in [0.2, 0.25) is 0 Å². The first-order valence-corrected chi connectivity index (χ1v) is 7.56. The van der Waals surface area contributed by atoms with E-state index in [1.165, 1.54) is 11.1 Å². The molecule has 1 aromatic carbocycles. The van der Waals surface area contributed by atoms with E-state index >= 15 is 0 Å². The molecule has 0 bridgehead atoms. The van der Waals surface area contributed by atoms with Crippen molar-refractivity contribution >= 4 is 0 Å². The van der Waals surface area contributed by atoms with Crippen LogP contribution in [0.4, 0.5) is 0 Å². The molecule has 0 aliphatic carbocycles. The third-order valence-electron chi connectivity index (χ3n) is 3.19. The van der Waals surface area contributed by atoms with Gasteiger partial charge in [-0.15, -0.1) is 0 Å². The Bertz CT molecular complexity index is 349. The fourth-order valence-corrected chi connectivity index (χ4v) is 2.22. The Morgan fingerprint density at radius 1 is 1.10 bits per heavy atom. The maximum absolute atomic E-state index is 5.65. The van der Waals surface area contributed by atoms with Crippen molar-refractivity contribution in [2.75, 3.05) is 33.5 Å². The van der Waals surface area contributed by atoms with Gasteiger partial charge in [0.1, 0.15) is 0 Å². The first-order chi connectivity index (χ1) is 9.67. The maximum Gasteiger partial charge on any atom is 0.0701 e. The molecule has 1 N–H and O–H groups in total. The number of likely N-dealkylation sites (N-methyl/N-ethyl adjacent to an activating group) is 1. The molecule has 1 rings (SSSR count). The predicted molar refractivity (Wildman–Crippen MR) is 84.1 cm³/mol. The number of rotatable bonds is 10. The van der Waals surface area contributed by atoms with Crippen molar-refractivity contribution in [2.45, 2.75) is 33.2 Å². The van der Waals surface area contributed by atoms with E-state index in [9.17, 15) is 0 Å². The van der Waals surface area contributed by atoms with Crippen LogP contribution in [0.5, 0.6) is 0 Å². The van der Waals surface area contributed by atoms with E-state index in [1.807, 2.05) is 0 Å². The van der Waals surface area contributed by atoms with Crippen LogP contribution in [-0.2, 0) is 15.9 Å². The Balaban J connectivity index is 2.56. The first-order valence-electron chi connectivity index (χ1n) is 7.56. The van der Waals surface area contributed by atoms with E-state index in [4.69, 9.17) is 9.47 Å². The zero-order chi connectivity index (χ0) is 14.8. The van der Waals surface area contributed by atoms with Crippen LogP contribution in [0.2, 0.25) is 0 Å². The largest absolute Gasteiger partial charge is 0.382 e. The minimum Gasteiger partial charge on any atom is -0.382 e. The van der Waals surface area contributed by atoms with Gasteiger partial charge in [0.25, 0.3) is 0 Å². The highest BCUT2D eigenvalue weighted by molar-refractivity contribution is 5.25. The van der Waals surface area contributed by atoms with Gasteiger partial charge in [-0.25, -0.2) is 0 Å². The van der Waals surface area contributed by atoms with Crippen LogP contribution >= 0.6 is 0 Å². The molecule has 0 aliphatic rings. The summed E-state index contributed by atoms with van der Waals surface area (Å²) < 4.78 is 10.6. The second-order valence-corrected chi connectivity index (χ2v) is 5.52. The van der Waals surface area contributed by atoms with Crippen molar-refractivity contribution in [1.82, 2.24) is 5.32 Å². The lowest BCUT2D eigenvalue weighted by molar-refractivity contribution is 0.0588. The van der Waals surface area contributed by atoms with Crippen LogP contribution in [0.3, 0.4) is 0 Å². The first kappa shape index (κ1) is 17.2. The average Bonchev–Trinajstić information content (AvgIpc) is 2.43. The molecule has 3 heteroatoms. The molecule has 20 heavy (non-hydrogen) atoms. The van der Waals surface area contributed by atoms with Gasteiger partial charge in [-0.1, -0.05) is 45.0 Å². The number of nitrogens with one attached hydrogen (secondary N) is 1. The minimum atomic E-state index is 0.255. The monoisotopic (exact) mass is 279 g/mol. The molecule has 1 unspecified atom stereocenters. The van der Waals surface area contributed by atoms with Crippen molar-refractivity contribution < 1.29 is 9.47 Å². The molecule has 0 heterocycles. The van der Waals surface area contributed by atoms with Crippen molar-refractivity contribution in [3.8, 4) is 0 Å². The molecule has 0 aliphatic heterocycles. The molecule has 114 valence electrons. The lowest BCUT2D eigenvalue weighted by Gasteiger charge is -2.19. The summed E-state index contributed by atoms with van der Waals surface area (Å²) in [4.78, 5) is 0. The normalized spacial score (nSPS) is 12.8. The standard InChI is InChI=1S/C17H29NO2/c1-5-18-17(13-20-11-10-19-4)16-8-6-15(7-9-16)12-14(2)3/h6-9,14,17-18H,5,10-13H2,1-4H3. The SMILES string of the molecule is CCNC(COCCOC)c1ccc(CC(C)C)cc1. The molecule has 0 spiro atoms. The topological polar surface area (TPSA) is 30.5 Å². The Kier molecular flexibility index (Phi) is 8.51. The summed E-state index contributed by atoms with van der Waals surface area (Å²) in [6.07, 6.45) is 1.14. The van der Waals surface area contributed by atoms with Crippen molar-refractivity contribution in [3.63, 3.8) is 0 Å². The predicted octanol–water partition coefficient (Wildman–Crippen LogP) is 3.20. The molecule has 1 aromatic rings. The highest BCUT2D eigenvalue weighted by atomic mass is 16.5. The van der Waals surface area contributed by atoms with Gasteiger partial charge in [-0.3, -0.25) is 0 Å². The van der Waals surface area contributed by atoms with Crippen molar-refractivity contribution in [2.24, 2.45) is 5.92 Å². The molecule has 0 amide bonds. The highest BCUT2D eigenvalue weighted by Gasteiger charge is 2.10.